The molecule has 1 aromatic heterocycles. The molecule has 150 valence electrons. The number of hydrogen-bond donors (Lipinski definition) is 1. The zero-order chi connectivity index (χ0) is 20.6. The van der Waals surface area contributed by atoms with Crippen LogP contribution in [0.15, 0.2) is 59.4 Å². The minimum absolute atomic E-state index is 0.0852. The lowest BCUT2D eigenvalue weighted by molar-refractivity contribution is -0.163. The minimum atomic E-state index is -1.01. The van der Waals surface area contributed by atoms with E-state index in [9.17, 15) is 14.7 Å². The third kappa shape index (κ3) is 3.51. The van der Waals surface area contributed by atoms with Gasteiger partial charge in [0.05, 0.1) is 29.7 Å². The summed E-state index contributed by atoms with van der Waals surface area (Å²) in [6.07, 6.45) is 0.708. The Balaban J connectivity index is 1.45. The van der Waals surface area contributed by atoms with Crippen LogP contribution in [0.5, 0.6) is 5.75 Å². The third-order valence-corrected chi connectivity index (χ3v) is 5.70. The molecule has 6 nitrogen and oxygen atoms in total. The first-order valence-electron chi connectivity index (χ1n) is 9.52. The first kappa shape index (κ1) is 19.2. The highest BCUT2D eigenvalue weighted by atomic mass is 16.5. The zero-order valence-electron chi connectivity index (χ0n) is 16.4. The average Bonchev–Trinajstić information content (AvgIpc) is 2.73. The number of rotatable bonds is 5. The van der Waals surface area contributed by atoms with Crippen molar-refractivity contribution in [1.29, 1.82) is 0 Å². The maximum atomic E-state index is 12.6. The molecule has 6 heteroatoms. The van der Waals surface area contributed by atoms with Crippen LogP contribution in [-0.4, -0.2) is 22.8 Å². The van der Waals surface area contributed by atoms with E-state index in [2.05, 4.69) is 0 Å². The van der Waals surface area contributed by atoms with Gasteiger partial charge in [-0.2, -0.15) is 0 Å². The molecular formula is C23H23NO5. The van der Waals surface area contributed by atoms with Crippen LogP contribution in [0.2, 0.25) is 0 Å². The molecule has 1 aliphatic rings. The summed E-state index contributed by atoms with van der Waals surface area (Å²) in [4.78, 5) is 24.1. The Morgan fingerprint density at radius 2 is 1.86 bits per heavy atom. The summed E-state index contributed by atoms with van der Waals surface area (Å²) in [5, 5.41) is 11.7. The van der Waals surface area contributed by atoms with Crippen molar-refractivity contribution in [3.05, 3.63) is 76.1 Å². The lowest BCUT2D eigenvalue weighted by Gasteiger charge is -2.42. The Morgan fingerprint density at radius 3 is 2.55 bits per heavy atom. The molecule has 0 radical (unpaired) electrons. The zero-order valence-corrected chi connectivity index (χ0v) is 16.4. The number of methoxy groups -OCH3 is 1. The van der Waals surface area contributed by atoms with E-state index in [4.69, 9.17) is 9.47 Å². The van der Waals surface area contributed by atoms with Crippen molar-refractivity contribution in [3.8, 4) is 5.75 Å². The Kier molecular flexibility index (Phi) is 4.88. The van der Waals surface area contributed by atoms with E-state index >= 15 is 0 Å². The van der Waals surface area contributed by atoms with Crippen molar-refractivity contribution in [1.82, 2.24) is 4.57 Å². The van der Waals surface area contributed by atoms with Crippen LogP contribution in [-0.2, 0) is 28.8 Å². The molecule has 0 unspecified atom stereocenters. The van der Waals surface area contributed by atoms with Crippen LogP contribution in [0, 0.1) is 5.92 Å². The van der Waals surface area contributed by atoms with Gasteiger partial charge in [-0.05, 0) is 48.1 Å². The molecule has 0 bridgehead atoms. The third-order valence-electron chi connectivity index (χ3n) is 5.70. The van der Waals surface area contributed by atoms with E-state index in [1.807, 2.05) is 30.3 Å². The molecule has 0 aliphatic heterocycles. The van der Waals surface area contributed by atoms with E-state index in [0.717, 1.165) is 16.5 Å². The first-order valence-corrected chi connectivity index (χ1v) is 9.52. The molecule has 0 saturated heterocycles. The Labute approximate surface area is 168 Å². The number of aliphatic hydroxyl groups is 1. The van der Waals surface area contributed by atoms with Gasteiger partial charge in [0.15, 0.2) is 0 Å². The highest BCUT2D eigenvalue weighted by molar-refractivity contribution is 5.79. The average molecular weight is 393 g/mol. The van der Waals surface area contributed by atoms with E-state index in [1.54, 1.807) is 35.9 Å². The molecule has 0 amide bonds. The molecule has 29 heavy (non-hydrogen) atoms. The van der Waals surface area contributed by atoms with E-state index in [0.29, 0.717) is 24.2 Å². The number of nitrogens with zero attached hydrogens (tertiary/aromatic N) is 1. The normalized spacial score (nSPS) is 20.9. The lowest BCUT2D eigenvalue weighted by atomic mass is 9.67. The second kappa shape index (κ2) is 7.37. The predicted molar refractivity (Wildman–Crippen MR) is 109 cm³/mol. The summed E-state index contributed by atoms with van der Waals surface area (Å²) >= 11 is 0. The summed E-state index contributed by atoms with van der Waals surface area (Å²) < 4.78 is 12.2. The first-order chi connectivity index (χ1) is 13.9. The van der Waals surface area contributed by atoms with Crippen molar-refractivity contribution < 1.29 is 19.4 Å². The van der Waals surface area contributed by atoms with E-state index in [-0.39, 0.29) is 24.1 Å². The molecule has 0 spiro atoms. The quantitative estimate of drug-likeness (QED) is 0.675. The van der Waals surface area contributed by atoms with Crippen LogP contribution in [0.3, 0.4) is 0 Å². The summed E-state index contributed by atoms with van der Waals surface area (Å²) in [5.41, 5.74) is 1.11. The number of esters is 1. The van der Waals surface area contributed by atoms with Crippen molar-refractivity contribution >= 4 is 16.9 Å². The maximum Gasteiger partial charge on any atom is 0.308 e. The van der Waals surface area contributed by atoms with Gasteiger partial charge in [0.25, 0.3) is 5.56 Å². The van der Waals surface area contributed by atoms with Gasteiger partial charge in [-0.3, -0.25) is 9.59 Å². The minimum Gasteiger partial charge on any atom is -0.489 e. The van der Waals surface area contributed by atoms with Crippen molar-refractivity contribution in [2.75, 3.05) is 7.11 Å². The molecule has 1 heterocycles. The Hall–Kier alpha value is -3.12. The van der Waals surface area contributed by atoms with Gasteiger partial charge in [0, 0.05) is 7.05 Å². The summed E-state index contributed by atoms with van der Waals surface area (Å²) in [7, 11) is 3.11. The second-order valence-electron chi connectivity index (χ2n) is 7.57. The summed E-state index contributed by atoms with van der Waals surface area (Å²) in [6.45, 7) is 0.158. The number of carbonyl (C=O) groups excluding carboxylic acids is 1. The molecule has 1 fully saturated rings. The van der Waals surface area contributed by atoms with Gasteiger partial charge >= 0.3 is 5.97 Å². The highest BCUT2D eigenvalue weighted by Gasteiger charge is 2.47. The van der Waals surface area contributed by atoms with Gasteiger partial charge in [0.2, 0.25) is 0 Å². The number of ether oxygens (including phenoxy) is 2. The SMILES string of the molecule is COC(=O)C1CC(O)(c2ccc(OCc3cc4ccccc4n(C)c3=O)cc2)C1. The van der Waals surface area contributed by atoms with Gasteiger partial charge < -0.3 is 19.1 Å². The summed E-state index contributed by atoms with van der Waals surface area (Å²) in [5.74, 6) is 0.0630. The molecular weight excluding hydrogens is 370 g/mol. The molecule has 1 aliphatic carbocycles. The molecule has 1 saturated carbocycles. The van der Waals surface area contributed by atoms with Crippen LogP contribution in [0.4, 0.5) is 0 Å². The van der Waals surface area contributed by atoms with E-state index < -0.39 is 5.60 Å². The Morgan fingerprint density at radius 1 is 1.17 bits per heavy atom. The smallest absolute Gasteiger partial charge is 0.308 e. The fourth-order valence-electron chi connectivity index (χ4n) is 3.94. The number of aromatic nitrogens is 1. The van der Waals surface area contributed by atoms with Crippen LogP contribution < -0.4 is 10.3 Å². The topological polar surface area (TPSA) is 77.8 Å². The van der Waals surface area contributed by atoms with E-state index in [1.165, 1.54) is 7.11 Å². The fraction of sp³-hybridized carbons (Fsp3) is 0.304. The number of carbonyl (C=O) groups is 1. The number of aryl methyl sites for hydroxylation is 1. The molecule has 4 rings (SSSR count). The second-order valence-corrected chi connectivity index (χ2v) is 7.57. The largest absolute Gasteiger partial charge is 0.489 e. The highest BCUT2D eigenvalue weighted by Crippen LogP contribution is 2.46. The monoisotopic (exact) mass is 393 g/mol. The number of pyridine rings is 1. The maximum absolute atomic E-state index is 12.6. The molecule has 2 aromatic carbocycles. The number of hydrogen-bond acceptors (Lipinski definition) is 5. The van der Waals surface area contributed by atoms with Gasteiger partial charge in [-0.25, -0.2) is 0 Å². The van der Waals surface area contributed by atoms with Crippen LogP contribution in [0.1, 0.15) is 24.0 Å². The molecule has 1 N–H and O–H groups in total. The Bertz CT molecular complexity index is 1110. The summed E-state index contributed by atoms with van der Waals surface area (Å²) in [6, 6.07) is 16.7. The lowest BCUT2D eigenvalue weighted by Crippen LogP contribution is -2.44. The predicted octanol–water partition coefficient (Wildman–Crippen LogP) is 2.89. The van der Waals surface area contributed by atoms with Crippen molar-refractivity contribution in [3.63, 3.8) is 0 Å². The number of benzene rings is 2. The van der Waals surface area contributed by atoms with Gasteiger partial charge in [0.1, 0.15) is 12.4 Å². The van der Waals surface area contributed by atoms with Gasteiger partial charge in [-0.1, -0.05) is 30.3 Å². The van der Waals surface area contributed by atoms with Crippen LogP contribution in [0.25, 0.3) is 10.9 Å². The van der Waals surface area contributed by atoms with Crippen molar-refractivity contribution in [2.24, 2.45) is 13.0 Å². The fourth-order valence-corrected chi connectivity index (χ4v) is 3.94. The standard InChI is InChI=1S/C23H23NO5/c1-24-20-6-4-3-5-15(20)11-16(21(24)25)14-29-19-9-7-18(8-10-19)23(27)12-17(13-23)22(26)28-2/h3-11,17,27H,12-14H2,1-2H3. The van der Waals surface area contributed by atoms with Crippen LogP contribution >= 0.6 is 0 Å². The number of fused-ring (bicyclic) bond motifs is 1. The molecule has 0 atom stereocenters. The van der Waals surface area contributed by atoms with Crippen molar-refractivity contribution in [2.45, 2.75) is 25.0 Å². The number of para-hydroxylation sites is 1. The van der Waals surface area contributed by atoms with Gasteiger partial charge in [-0.15, -0.1) is 0 Å². The molecule has 3 aromatic rings.